The molecule has 0 aliphatic carbocycles. The van der Waals surface area contributed by atoms with Crippen LogP contribution in [0.1, 0.15) is 64.6 Å². The molecular weight excluding hydrogens is 522 g/mol. The summed E-state index contributed by atoms with van der Waals surface area (Å²) in [7, 11) is 1.94. The van der Waals surface area contributed by atoms with Crippen molar-refractivity contribution in [2.75, 3.05) is 18.4 Å². The lowest BCUT2D eigenvalue weighted by Crippen LogP contribution is -2.38. The Labute approximate surface area is 240 Å². The number of pyridine rings is 1. The second-order valence-corrected chi connectivity index (χ2v) is 11.2. The molecule has 1 fully saturated rings. The fraction of sp³-hybridized carbons (Fsp3) is 0.312. The van der Waals surface area contributed by atoms with Crippen LogP contribution in [0.5, 0.6) is 0 Å². The van der Waals surface area contributed by atoms with Gasteiger partial charge in [-0.2, -0.15) is 5.10 Å². The van der Waals surface area contributed by atoms with E-state index < -0.39 is 0 Å². The second-order valence-electron chi connectivity index (χ2n) is 10.8. The highest BCUT2D eigenvalue weighted by Crippen LogP contribution is 2.31. The maximum Gasteiger partial charge on any atom is 0.257 e. The predicted octanol–water partition coefficient (Wildman–Crippen LogP) is 6.61. The number of carbonyl (C=O) groups excluding carboxylic acids is 2. The summed E-state index contributed by atoms with van der Waals surface area (Å²) >= 11 is 6.38. The van der Waals surface area contributed by atoms with Crippen molar-refractivity contribution in [1.29, 1.82) is 0 Å². The molecule has 1 aliphatic heterocycles. The Morgan fingerprint density at radius 1 is 1.00 bits per heavy atom. The molecule has 0 atom stereocenters. The molecule has 1 N–H and O–H groups in total. The zero-order chi connectivity index (χ0) is 28.2. The molecule has 0 bridgehead atoms. The molecule has 40 heavy (non-hydrogen) atoms. The zero-order valence-electron chi connectivity index (χ0n) is 23.1. The van der Waals surface area contributed by atoms with Crippen molar-refractivity contribution in [2.45, 2.75) is 39.0 Å². The lowest BCUT2D eigenvalue weighted by atomic mass is 9.88. The molecule has 2 aromatic carbocycles. The fourth-order valence-corrected chi connectivity index (χ4v) is 5.39. The van der Waals surface area contributed by atoms with Crippen LogP contribution in [0.2, 0.25) is 5.02 Å². The van der Waals surface area contributed by atoms with E-state index in [4.69, 9.17) is 11.6 Å². The van der Waals surface area contributed by atoms with Gasteiger partial charge in [-0.05, 0) is 78.6 Å². The lowest BCUT2D eigenvalue weighted by Gasteiger charge is -2.32. The fourth-order valence-electron chi connectivity index (χ4n) is 5.23. The van der Waals surface area contributed by atoms with E-state index in [1.807, 2.05) is 28.8 Å². The van der Waals surface area contributed by atoms with E-state index in [1.165, 1.54) is 5.56 Å². The number of likely N-dealkylation sites (tertiary alicyclic amines) is 1. The van der Waals surface area contributed by atoms with Crippen LogP contribution in [0.25, 0.3) is 11.3 Å². The number of benzene rings is 2. The second kappa shape index (κ2) is 12.0. The molecule has 8 heteroatoms. The monoisotopic (exact) mass is 555 g/mol. The van der Waals surface area contributed by atoms with Crippen LogP contribution >= 0.6 is 11.6 Å². The SMILES string of the molecule is CC(C)Cc1ccc(C(=O)Nc2cc(C(=O)N3CCC(c4ccc(-c5ccnn5C)cc4)CC3)ccc2Cl)cn1. The van der Waals surface area contributed by atoms with Crippen molar-refractivity contribution >= 4 is 29.1 Å². The van der Waals surface area contributed by atoms with E-state index in [0.717, 1.165) is 36.2 Å². The van der Waals surface area contributed by atoms with Gasteiger partial charge in [-0.25, -0.2) is 0 Å². The zero-order valence-corrected chi connectivity index (χ0v) is 23.9. The van der Waals surface area contributed by atoms with Gasteiger partial charge in [0.05, 0.1) is 22.0 Å². The van der Waals surface area contributed by atoms with E-state index in [-0.39, 0.29) is 11.8 Å². The van der Waals surface area contributed by atoms with Crippen LogP contribution < -0.4 is 5.32 Å². The quantitative estimate of drug-likeness (QED) is 0.278. The molecule has 7 nitrogen and oxygen atoms in total. The van der Waals surface area contributed by atoms with Crippen LogP contribution in [-0.4, -0.2) is 44.6 Å². The molecule has 206 valence electrons. The van der Waals surface area contributed by atoms with Crippen molar-refractivity contribution in [3.63, 3.8) is 0 Å². The number of piperidine rings is 1. The standard InChI is InChI=1S/C32H34ClN5O2/c1-21(2)18-27-10-8-26(20-34-27)31(39)36-29-19-25(9-11-28(29)33)32(40)38-16-13-23(14-17-38)22-4-6-24(7-5-22)30-12-15-35-37(30)3/h4-12,15,19-21,23H,13-14,16-18H2,1-3H3,(H,36,39). The summed E-state index contributed by atoms with van der Waals surface area (Å²) in [4.78, 5) is 32.5. The number of anilines is 1. The number of amides is 2. The highest BCUT2D eigenvalue weighted by atomic mass is 35.5. The summed E-state index contributed by atoms with van der Waals surface area (Å²) in [6, 6.07) is 19.3. The number of aryl methyl sites for hydroxylation is 1. The average molecular weight is 556 g/mol. The van der Waals surface area contributed by atoms with E-state index in [9.17, 15) is 9.59 Å². The first-order chi connectivity index (χ1) is 19.3. The molecular formula is C32H34ClN5O2. The molecule has 1 aliphatic rings. The lowest BCUT2D eigenvalue weighted by molar-refractivity contribution is 0.0712. The molecule has 3 heterocycles. The topological polar surface area (TPSA) is 80.1 Å². The molecule has 0 radical (unpaired) electrons. The summed E-state index contributed by atoms with van der Waals surface area (Å²) in [6.45, 7) is 5.60. The number of hydrogen-bond acceptors (Lipinski definition) is 4. The third-order valence-electron chi connectivity index (χ3n) is 7.45. The largest absolute Gasteiger partial charge is 0.339 e. The first-order valence-electron chi connectivity index (χ1n) is 13.7. The number of nitrogens with one attached hydrogen (secondary N) is 1. The minimum absolute atomic E-state index is 0.0584. The molecule has 4 aromatic rings. The minimum Gasteiger partial charge on any atom is -0.339 e. The Balaban J connectivity index is 1.20. The van der Waals surface area contributed by atoms with Crippen molar-refractivity contribution in [3.8, 4) is 11.3 Å². The first kappa shape index (κ1) is 27.6. The average Bonchev–Trinajstić information content (AvgIpc) is 3.40. The van der Waals surface area contributed by atoms with E-state index in [0.29, 0.717) is 46.8 Å². The summed E-state index contributed by atoms with van der Waals surface area (Å²) in [5.41, 5.74) is 5.82. The van der Waals surface area contributed by atoms with Gasteiger partial charge in [0.15, 0.2) is 0 Å². The maximum absolute atomic E-state index is 13.3. The number of halogens is 1. The molecule has 5 rings (SSSR count). The number of carbonyl (C=O) groups is 2. The maximum atomic E-state index is 13.3. The summed E-state index contributed by atoms with van der Waals surface area (Å²) in [6.07, 6.45) is 6.03. The number of hydrogen-bond donors (Lipinski definition) is 1. The molecule has 0 spiro atoms. The van der Waals surface area contributed by atoms with Crippen LogP contribution in [-0.2, 0) is 13.5 Å². The van der Waals surface area contributed by atoms with Gasteiger partial charge in [-0.15, -0.1) is 0 Å². The summed E-state index contributed by atoms with van der Waals surface area (Å²) in [5, 5.41) is 7.47. The van der Waals surface area contributed by atoms with Gasteiger partial charge in [-0.1, -0.05) is 49.7 Å². The molecule has 1 saturated heterocycles. The number of rotatable bonds is 7. The van der Waals surface area contributed by atoms with Crippen molar-refractivity contribution < 1.29 is 9.59 Å². The Morgan fingerprint density at radius 3 is 2.35 bits per heavy atom. The molecule has 2 aromatic heterocycles. The predicted molar refractivity (Wildman–Crippen MR) is 159 cm³/mol. The van der Waals surface area contributed by atoms with Crippen LogP contribution in [0.4, 0.5) is 5.69 Å². The third-order valence-corrected chi connectivity index (χ3v) is 7.78. The highest BCUT2D eigenvalue weighted by Gasteiger charge is 2.25. The summed E-state index contributed by atoms with van der Waals surface area (Å²) < 4.78 is 1.87. The normalized spacial score (nSPS) is 14.0. The van der Waals surface area contributed by atoms with Gasteiger partial charge in [0.25, 0.3) is 11.8 Å². The van der Waals surface area contributed by atoms with Crippen molar-refractivity contribution in [2.24, 2.45) is 13.0 Å². The molecule has 0 saturated carbocycles. The Bertz CT molecular complexity index is 1490. The van der Waals surface area contributed by atoms with E-state index >= 15 is 0 Å². The molecule has 2 amide bonds. The van der Waals surface area contributed by atoms with Gasteiger partial charge in [-0.3, -0.25) is 19.3 Å². The number of nitrogens with zero attached hydrogens (tertiary/aromatic N) is 4. The Morgan fingerprint density at radius 2 is 1.73 bits per heavy atom. The molecule has 0 unspecified atom stereocenters. The van der Waals surface area contributed by atoms with E-state index in [2.05, 4.69) is 53.5 Å². The summed E-state index contributed by atoms with van der Waals surface area (Å²) in [5.74, 6) is 0.522. The minimum atomic E-state index is -0.315. The van der Waals surface area contributed by atoms with Crippen molar-refractivity contribution in [3.05, 3.63) is 100 Å². The Hall–Kier alpha value is -3.97. The van der Waals surface area contributed by atoms with Gasteiger partial charge >= 0.3 is 0 Å². The number of aromatic nitrogens is 3. The van der Waals surface area contributed by atoms with Gasteiger partial charge in [0.1, 0.15) is 0 Å². The van der Waals surface area contributed by atoms with E-state index in [1.54, 1.807) is 36.7 Å². The van der Waals surface area contributed by atoms with Gasteiger partial charge < -0.3 is 10.2 Å². The third kappa shape index (κ3) is 6.26. The first-order valence-corrected chi connectivity index (χ1v) is 14.1. The van der Waals surface area contributed by atoms with Gasteiger partial charge in [0, 0.05) is 43.8 Å². The smallest absolute Gasteiger partial charge is 0.257 e. The van der Waals surface area contributed by atoms with Crippen molar-refractivity contribution in [1.82, 2.24) is 19.7 Å². The van der Waals surface area contributed by atoms with Crippen LogP contribution in [0, 0.1) is 5.92 Å². The van der Waals surface area contributed by atoms with Crippen LogP contribution in [0.3, 0.4) is 0 Å². The van der Waals surface area contributed by atoms with Crippen LogP contribution in [0.15, 0.2) is 73.1 Å². The highest BCUT2D eigenvalue weighted by molar-refractivity contribution is 6.34. The van der Waals surface area contributed by atoms with Gasteiger partial charge in [0.2, 0.25) is 0 Å². The Kier molecular flexibility index (Phi) is 8.31.